The summed E-state index contributed by atoms with van der Waals surface area (Å²) in [6.07, 6.45) is 15.7. The van der Waals surface area contributed by atoms with Crippen molar-refractivity contribution < 1.29 is 22.8 Å². The van der Waals surface area contributed by atoms with E-state index >= 15 is 0 Å². The Hall–Kier alpha value is -5.31. The third-order valence-corrected chi connectivity index (χ3v) is 14.3. The summed E-state index contributed by atoms with van der Waals surface area (Å²) >= 11 is 0. The van der Waals surface area contributed by atoms with Gasteiger partial charge in [-0.05, 0) is 148 Å². The molecule has 2 aliphatic carbocycles. The lowest BCUT2D eigenvalue weighted by atomic mass is 9.81. The topological polar surface area (TPSA) is 178 Å². The Morgan fingerprint density at radius 2 is 1.75 bits per heavy atom. The van der Waals surface area contributed by atoms with Gasteiger partial charge >= 0.3 is 0 Å². The van der Waals surface area contributed by atoms with Crippen molar-refractivity contribution >= 4 is 38.3 Å². The number of pyridine rings is 1. The van der Waals surface area contributed by atoms with Crippen LogP contribution in [0, 0.1) is 22.0 Å². The Morgan fingerprint density at radius 1 is 0.950 bits per heavy atom. The number of amidine groups is 1. The van der Waals surface area contributed by atoms with Crippen molar-refractivity contribution in [3.05, 3.63) is 118 Å². The SMILES string of the molecule is N/C(=N\S(=O)(=O)c1ccc(NCC2CCOCC2)c([N+](=O)[O-])c1)c1ccc(CC2CCC(N3CCCC3c3ccccc3C3CC3)CC2)cc1Oc1cnc2[nH]ccc2c1. The predicted octanol–water partition coefficient (Wildman–Crippen LogP) is 9.01. The second-order valence-corrected chi connectivity index (χ2v) is 18.6. The van der Waals surface area contributed by atoms with E-state index < -0.39 is 14.9 Å². The first kappa shape index (κ1) is 40.1. The number of aromatic nitrogens is 2. The third-order valence-electron chi connectivity index (χ3n) is 13.0. The molecule has 0 bridgehead atoms. The fraction of sp³-hybridized carbons (Fsp3) is 0.435. The van der Waals surface area contributed by atoms with Gasteiger partial charge in [0.2, 0.25) is 0 Å². The number of likely N-dealkylation sites (tertiary alicyclic amines) is 1. The van der Waals surface area contributed by atoms with Crippen LogP contribution in [0.25, 0.3) is 11.0 Å². The molecule has 60 heavy (non-hydrogen) atoms. The number of nitrogens with one attached hydrogen (secondary N) is 2. The number of anilines is 1. The Kier molecular flexibility index (Phi) is 11.6. The van der Waals surface area contributed by atoms with Crippen molar-refractivity contribution in [2.24, 2.45) is 22.0 Å². The smallest absolute Gasteiger partial charge is 0.293 e. The van der Waals surface area contributed by atoms with Crippen molar-refractivity contribution in [1.82, 2.24) is 14.9 Å². The molecule has 0 radical (unpaired) electrons. The number of nitro benzene ring substituents is 1. The van der Waals surface area contributed by atoms with Crippen molar-refractivity contribution in [3.8, 4) is 11.5 Å². The van der Waals surface area contributed by atoms with Gasteiger partial charge < -0.3 is 25.5 Å². The average molecular weight is 832 g/mol. The molecule has 14 heteroatoms. The molecular weight excluding hydrogens is 779 g/mol. The van der Waals surface area contributed by atoms with Gasteiger partial charge in [-0.2, -0.15) is 8.42 Å². The highest BCUT2D eigenvalue weighted by Crippen LogP contribution is 2.47. The molecular formula is C46H53N7O6S. The van der Waals surface area contributed by atoms with Crippen LogP contribution in [0.1, 0.15) is 98.4 Å². The number of hydrogen-bond donors (Lipinski definition) is 3. The van der Waals surface area contributed by atoms with Gasteiger partial charge in [-0.3, -0.25) is 15.0 Å². The zero-order chi connectivity index (χ0) is 41.2. The molecule has 4 heterocycles. The van der Waals surface area contributed by atoms with Gasteiger partial charge in [0.25, 0.3) is 15.7 Å². The first-order valence-corrected chi connectivity index (χ1v) is 22.9. The van der Waals surface area contributed by atoms with Crippen LogP contribution in [0.4, 0.5) is 11.4 Å². The lowest BCUT2D eigenvalue weighted by Gasteiger charge is -2.38. The Labute approximate surface area is 351 Å². The number of ether oxygens (including phenoxy) is 2. The molecule has 0 spiro atoms. The van der Waals surface area contributed by atoms with Crippen molar-refractivity contribution in [2.45, 2.75) is 93.5 Å². The summed E-state index contributed by atoms with van der Waals surface area (Å²) < 4.78 is 43.3. The Bertz CT molecular complexity index is 2490. The molecule has 4 fully saturated rings. The van der Waals surface area contributed by atoms with Gasteiger partial charge in [0, 0.05) is 49.5 Å². The largest absolute Gasteiger partial charge is 0.455 e. The van der Waals surface area contributed by atoms with E-state index in [-0.39, 0.29) is 27.7 Å². The van der Waals surface area contributed by atoms with Crippen LogP contribution in [0.5, 0.6) is 11.5 Å². The second-order valence-electron chi connectivity index (χ2n) is 17.0. The van der Waals surface area contributed by atoms with E-state index in [9.17, 15) is 18.5 Å². The maximum absolute atomic E-state index is 13.7. The molecule has 13 nitrogen and oxygen atoms in total. The molecule has 3 aromatic carbocycles. The normalized spacial score (nSPS) is 21.9. The molecule has 4 N–H and O–H groups in total. The van der Waals surface area contributed by atoms with Crippen LogP contribution in [0.2, 0.25) is 0 Å². The number of nitrogens with two attached hydrogens (primary N) is 1. The molecule has 2 aromatic heterocycles. The van der Waals surface area contributed by atoms with E-state index in [0.717, 1.165) is 55.0 Å². The van der Waals surface area contributed by atoms with E-state index in [2.05, 4.69) is 48.8 Å². The highest BCUT2D eigenvalue weighted by atomic mass is 32.2. The summed E-state index contributed by atoms with van der Waals surface area (Å²) in [5.74, 6) is 2.06. The predicted molar refractivity (Wildman–Crippen MR) is 232 cm³/mol. The third kappa shape index (κ3) is 8.91. The lowest BCUT2D eigenvalue weighted by molar-refractivity contribution is -0.384. The molecule has 5 aromatic rings. The van der Waals surface area contributed by atoms with E-state index in [1.165, 1.54) is 57.2 Å². The monoisotopic (exact) mass is 831 g/mol. The minimum Gasteiger partial charge on any atom is -0.455 e. The Balaban J connectivity index is 0.927. The maximum Gasteiger partial charge on any atom is 0.293 e. The van der Waals surface area contributed by atoms with E-state index in [0.29, 0.717) is 60.8 Å². The summed E-state index contributed by atoms with van der Waals surface area (Å²) in [6, 6.07) is 23.4. The number of H-pyrrole nitrogens is 1. The summed E-state index contributed by atoms with van der Waals surface area (Å²) in [4.78, 5) is 21.5. The molecule has 2 saturated carbocycles. The summed E-state index contributed by atoms with van der Waals surface area (Å²) in [5, 5.41) is 16.1. The van der Waals surface area contributed by atoms with Gasteiger partial charge in [-0.25, -0.2) is 4.98 Å². The summed E-state index contributed by atoms with van der Waals surface area (Å²) in [7, 11) is -4.46. The highest BCUT2D eigenvalue weighted by molar-refractivity contribution is 7.90. The number of hydrogen-bond acceptors (Lipinski definition) is 9. The first-order valence-electron chi connectivity index (χ1n) is 21.5. The van der Waals surface area contributed by atoms with Crippen molar-refractivity contribution in [2.75, 3.05) is 31.6 Å². The van der Waals surface area contributed by atoms with Gasteiger partial charge in [0.15, 0.2) is 0 Å². The second kappa shape index (κ2) is 17.3. The van der Waals surface area contributed by atoms with Gasteiger partial charge in [-0.15, -0.1) is 4.40 Å². The van der Waals surface area contributed by atoms with Gasteiger partial charge in [0.05, 0.1) is 21.6 Å². The van der Waals surface area contributed by atoms with Crippen molar-refractivity contribution in [3.63, 3.8) is 0 Å². The zero-order valence-corrected chi connectivity index (χ0v) is 34.6. The molecule has 0 amide bonds. The Morgan fingerprint density at radius 3 is 2.53 bits per heavy atom. The molecule has 314 valence electrons. The maximum atomic E-state index is 13.7. The number of fused-ring (bicyclic) bond motifs is 1. The summed E-state index contributed by atoms with van der Waals surface area (Å²) in [5.41, 5.74) is 11.6. The molecule has 2 aliphatic heterocycles. The average Bonchev–Trinajstić information content (AvgIpc) is 3.80. The van der Waals surface area contributed by atoms with Crippen LogP contribution in [0.3, 0.4) is 0 Å². The van der Waals surface area contributed by atoms with Crippen LogP contribution in [-0.4, -0.2) is 66.4 Å². The van der Waals surface area contributed by atoms with E-state index in [4.69, 9.17) is 15.2 Å². The first-order chi connectivity index (χ1) is 29.2. The number of rotatable bonds is 14. The number of nitro groups is 1. The molecule has 1 unspecified atom stereocenters. The van der Waals surface area contributed by atoms with E-state index in [1.807, 2.05) is 24.3 Å². The molecule has 2 saturated heterocycles. The van der Waals surface area contributed by atoms with Crippen LogP contribution in [0.15, 0.2) is 94.5 Å². The van der Waals surface area contributed by atoms with Gasteiger partial charge in [-0.1, -0.05) is 30.3 Å². The number of aromatic amines is 1. The summed E-state index contributed by atoms with van der Waals surface area (Å²) in [6.45, 7) is 2.98. The van der Waals surface area contributed by atoms with Crippen molar-refractivity contribution in [1.29, 1.82) is 0 Å². The van der Waals surface area contributed by atoms with Crippen LogP contribution in [-0.2, 0) is 21.2 Å². The van der Waals surface area contributed by atoms with Gasteiger partial charge in [0.1, 0.15) is 28.7 Å². The lowest BCUT2D eigenvalue weighted by Crippen LogP contribution is -2.38. The molecule has 4 aliphatic rings. The minimum absolute atomic E-state index is 0.241. The highest BCUT2D eigenvalue weighted by Gasteiger charge is 2.37. The zero-order valence-electron chi connectivity index (χ0n) is 33.8. The van der Waals surface area contributed by atoms with Crippen LogP contribution >= 0.6 is 0 Å². The standard InChI is InChI=1S/C46H53N7O6S/c47-45(51-60(56,57)37-14-16-41(43(27-37)53(54)55)49-28-31-18-22-58-23-19-31)40-15-9-32(25-44(40)59-36-26-34-17-20-48-46(34)50-29-36)24-30-7-12-35(13-8-30)52-21-3-6-42(52)39-5-2-1-4-38(39)33-10-11-33/h1-2,4-5,9,14-17,20,25-27,29-31,33,35,42,49H,3,6-8,10-13,18-19,21-24,28H2,(H2,47,51)(H,48,50). The minimum atomic E-state index is -4.46. The number of benzene rings is 3. The molecule has 1 atom stereocenters. The fourth-order valence-corrected chi connectivity index (χ4v) is 10.6. The van der Waals surface area contributed by atoms with E-state index in [1.54, 1.807) is 29.6 Å². The van der Waals surface area contributed by atoms with Crippen LogP contribution < -0.4 is 15.8 Å². The number of nitrogens with zero attached hydrogens (tertiary/aromatic N) is 4. The molecule has 9 rings (SSSR count). The fourth-order valence-electron chi connectivity index (χ4n) is 9.66. The number of sulfonamides is 1. The quantitative estimate of drug-likeness (QED) is 0.0423.